The fourth-order valence-electron chi connectivity index (χ4n) is 1.23. The highest BCUT2D eigenvalue weighted by Gasteiger charge is 2.09. The van der Waals surface area contributed by atoms with Gasteiger partial charge in [-0.3, -0.25) is 4.79 Å². The molecule has 0 heterocycles. The fourth-order valence-corrected chi connectivity index (χ4v) is 1.23. The van der Waals surface area contributed by atoms with Crippen LogP contribution in [0.5, 0.6) is 0 Å². The molecule has 0 aliphatic rings. The van der Waals surface area contributed by atoms with Crippen molar-refractivity contribution in [2.75, 3.05) is 31.4 Å². The Morgan fingerprint density at radius 1 is 1.53 bits per heavy atom. The molecule has 0 radical (unpaired) electrons. The van der Waals surface area contributed by atoms with E-state index in [-0.39, 0.29) is 5.91 Å². The topological polar surface area (TPSA) is 55.6 Å². The smallest absolute Gasteiger partial charge is 0.229 e. The van der Waals surface area contributed by atoms with Crippen molar-refractivity contribution in [1.29, 1.82) is 0 Å². The molecule has 0 saturated carbocycles. The summed E-state index contributed by atoms with van der Waals surface area (Å²) in [6.07, 6.45) is 0.377. The molecule has 0 aliphatic carbocycles. The van der Waals surface area contributed by atoms with Crippen LogP contribution in [0.3, 0.4) is 0 Å². The lowest BCUT2D eigenvalue weighted by atomic mass is 10.2. The predicted molar refractivity (Wildman–Crippen MR) is 60.8 cm³/mol. The van der Waals surface area contributed by atoms with Gasteiger partial charge in [0, 0.05) is 25.5 Å². The summed E-state index contributed by atoms with van der Waals surface area (Å²) in [6.45, 7) is 0.436. The second-order valence-electron chi connectivity index (χ2n) is 3.29. The van der Waals surface area contributed by atoms with Gasteiger partial charge in [-0.15, -0.1) is 0 Å². The molecule has 0 unspecified atom stereocenters. The number of benzene rings is 1. The summed E-state index contributed by atoms with van der Waals surface area (Å²) in [5.41, 5.74) is 7.09. The summed E-state index contributed by atoms with van der Waals surface area (Å²) >= 11 is 0. The van der Waals surface area contributed by atoms with Crippen LogP contribution in [0.25, 0.3) is 0 Å². The number of carbonyl (C=O) groups excluding carboxylic acids is 1. The summed E-state index contributed by atoms with van der Waals surface area (Å²) in [6, 6.07) is 7.23. The van der Waals surface area contributed by atoms with E-state index in [9.17, 15) is 4.79 Å². The fraction of sp³-hybridized carbons (Fsp3) is 0.364. The van der Waals surface area contributed by atoms with Crippen LogP contribution < -0.4 is 10.6 Å². The zero-order chi connectivity index (χ0) is 11.3. The zero-order valence-corrected chi connectivity index (χ0v) is 9.06. The number of ether oxygens (including phenoxy) is 1. The van der Waals surface area contributed by atoms with Crippen molar-refractivity contribution in [1.82, 2.24) is 0 Å². The normalized spacial score (nSPS) is 10.0. The molecule has 0 aromatic heterocycles. The number of carbonyl (C=O) groups is 1. The highest BCUT2D eigenvalue weighted by Crippen LogP contribution is 2.16. The Hall–Kier alpha value is -1.55. The van der Waals surface area contributed by atoms with Crippen molar-refractivity contribution in [2.45, 2.75) is 6.42 Å². The number of nitrogens with zero attached hydrogens (tertiary/aromatic N) is 1. The number of anilines is 2. The van der Waals surface area contributed by atoms with Crippen LogP contribution >= 0.6 is 0 Å². The first-order valence-corrected chi connectivity index (χ1v) is 4.76. The van der Waals surface area contributed by atoms with Gasteiger partial charge in [0.25, 0.3) is 0 Å². The molecule has 1 aromatic carbocycles. The molecule has 0 spiro atoms. The van der Waals surface area contributed by atoms with Gasteiger partial charge in [-0.1, -0.05) is 6.07 Å². The van der Waals surface area contributed by atoms with Gasteiger partial charge in [-0.05, 0) is 18.2 Å². The monoisotopic (exact) mass is 208 g/mol. The van der Waals surface area contributed by atoms with Gasteiger partial charge < -0.3 is 15.4 Å². The third kappa shape index (κ3) is 3.25. The Balaban J connectivity index is 2.67. The van der Waals surface area contributed by atoms with Crippen LogP contribution in [0.1, 0.15) is 6.42 Å². The van der Waals surface area contributed by atoms with Gasteiger partial charge in [0.1, 0.15) is 0 Å². The number of methoxy groups -OCH3 is 1. The Kier molecular flexibility index (Phi) is 4.12. The van der Waals surface area contributed by atoms with Crippen molar-refractivity contribution in [3.63, 3.8) is 0 Å². The van der Waals surface area contributed by atoms with E-state index in [2.05, 4.69) is 0 Å². The first-order valence-electron chi connectivity index (χ1n) is 4.76. The third-order valence-electron chi connectivity index (χ3n) is 2.15. The molecule has 0 atom stereocenters. The van der Waals surface area contributed by atoms with Crippen molar-refractivity contribution in [3.05, 3.63) is 24.3 Å². The number of hydrogen-bond donors (Lipinski definition) is 1. The van der Waals surface area contributed by atoms with Crippen molar-refractivity contribution in [3.8, 4) is 0 Å². The van der Waals surface area contributed by atoms with Gasteiger partial charge in [-0.25, -0.2) is 0 Å². The first kappa shape index (κ1) is 11.5. The molecule has 15 heavy (non-hydrogen) atoms. The summed E-state index contributed by atoms with van der Waals surface area (Å²) in [5.74, 6) is 0.0162. The Labute approximate surface area is 89.6 Å². The quantitative estimate of drug-likeness (QED) is 0.758. The van der Waals surface area contributed by atoms with Gasteiger partial charge in [-0.2, -0.15) is 0 Å². The minimum absolute atomic E-state index is 0.0162. The van der Waals surface area contributed by atoms with E-state index >= 15 is 0 Å². The standard InChI is InChI=1S/C11H16N2O2/c1-13(11(14)6-7-15-2)10-5-3-4-9(12)8-10/h3-5,8H,6-7,12H2,1-2H3. The van der Waals surface area contributed by atoms with Gasteiger partial charge in [0.15, 0.2) is 0 Å². The number of amides is 1. The molecule has 0 fully saturated rings. The van der Waals surface area contributed by atoms with Gasteiger partial charge >= 0.3 is 0 Å². The van der Waals surface area contributed by atoms with E-state index in [0.717, 1.165) is 5.69 Å². The zero-order valence-electron chi connectivity index (χ0n) is 9.06. The lowest BCUT2D eigenvalue weighted by molar-refractivity contribution is -0.119. The van der Waals surface area contributed by atoms with Crippen molar-refractivity contribution >= 4 is 17.3 Å². The Bertz CT molecular complexity index is 339. The van der Waals surface area contributed by atoms with E-state index in [1.807, 2.05) is 12.1 Å². The molecule has 1 rings (SSSR count). The predicted octanol–water partition coefficient (Wildman–Crippen LogP) is 1.27. The van der Waals surface area contributed by atoms with Crippen molar-refractivity contribution in [2.24, 2.45) is 0 Å². The molecule has 1 aromatic rings. The van der Waals surface area contributed by atoms with Crippen LogP contribution in [0.4, 0.5) is 11.4 Å². The third-order valence-corrected chi connectivity index (χ3v) is 2.15. The minimum Gasteiger partial charge on any atom is -0.399 e. The average molecular weight is 208 g/mol. The maximum atomic E-state index is 11.6. The van der Waals surface area contributed by atoms with Gasteiger partial charge in [0.2, 0.25) is 5.91 Å². The molecule has 4 heteroatoms. The first-order chi connectivity index (χ1) is 7.15. The van der Waals surface area contributed by atoms with E-state index in [4.69, 9.17) is 10.5 Å². The molecule has 2 N–H and O–H groups in total. The van der Waals surface area contributed by atoms with Crippen LogP contribution in [-0.2, 0) is 9.53 Å². The highest BCUT2D eigenvalue weighted by molar-refractivity contribution is 5.93. The minimum atomic E-state index is 0.0162. The molecule has 4 nitrogen and oxygen atoms in total. The summed E-state index contributed by atoms with van der Waals surface area (Å²) in [5, 5.41) is 0. The largest absolute Gasteiger partial charge is 0.399 e. The SMILES string of the molecule is COCCC(=O)N(C)c1cccc(N)c1. The van der Waals surface area contributed by atoms with E-state index < -0.39 is 0 Å². The number of rotatable bonds is 4. The Morgan fingerprint density at radius 2 is 2.27 bits per heavy atom. The number of nitrogen functional groups attached to an aromatic ring is 1. The lowest BCUT2D eigenvalue weighted by Crippen LogP contribution is -2.27. The average Bonchev–Trinajstić information content (AvgIpc) is 2.24. The van der Waals surface area contributed by atoms with E-state index in [0.29, 0.717) is 18.7 Å². The molecule has 0 aliphatic heterocycles. The second kappa shape index (κ2) is 5.36. The van der Waals surface area contributed by atoms with E-state index in [1.54, 1.807) is 31.2 Å². The highest BCUT2D eigenvalue weighted by atomic mass is 16.5. The maximum Gasteiger partial charge on any atom is 0.229 e. The van der Waals surface area contributed by atoms with Crippen LogP contribution in [-0.4, -0.2) is 26.7 Å². The van der Waals surface area contributed by atoms with Crippen LogP contribution in [0, 0.1) is 0 Å². The summed E-state index contributed by atoms with van der Waals surface area (Å²) in [4.78, 5) is 13.2. The second-order valence-corrected chi connectivity index (χ2v) is 3.29. The van der Waals surface area contributed by atoms with Crippen LogP contribution in [0.2, 0.25) is 0 Å². The summed E-state index contributed by atoms with van der Waals surface area (Å²) < 4.78 is 4.85. The molecular weight excluding hydrogens is 192 g/mol. The Morgan fingerprint density at radius 3 is 2.87 bits per heavy atom. The molecule has 1 amide bonds. The molecule has 0 bridgehead atoms. The number of hydrogen-bond acceptors (Lipinski definition) is 3. The molecule has 82 valence electrons. The van der Waals surface area contributed by atoms with E-state index in [1.165, 1.54) is 0 Å². The molecule has 0 saturated heterocycles. The number of nitrogens with two attached hydrogens (primary N) is 1. The summed E-state index contributed by atoms with van der Waals surface area (Å²) in [7, 11) is 3.31. The van der Waals surface area contributed by atoms with Gasteiger partial charge in [0.05, 0.1) is 13.0 Å². The maximum absolute atomic E-state index is 11.6. The van der Waals surface area contributed by atoms with Crippen LogP contribution in [0.15, 0.2) is 24.3 Å². The van der Waals surface area contributed by atoms with Crippen molar-refractivity contribution < 1.29 is 9.53 Å². The molecular formula is C11H16N2O2. The lowest BCUT2D eigenvalue weighted by Gasteiger charge is -2.17.